The first-order valence-corrected chi connectivity index (χ1v) is 8.39. The van der Waals surface area contributed by atoms with Crippen LogP contribution in [0, 0.1) is 0 Å². The average molecular weight is 306 g/mol. The van der Waals surface area contributed by atoms with E-state index in [1.807, 2.05) is 20.0 Å². The molecular formula is C12H22N2O3S2. The Bertz CT molecular complexity index is 485. The SMILES string of the molecule is CNCCc1ccc(S(=O)(=O)N(C)C(C)COC)s1. The van der Waals surface area contributed by atoms with Gasteiger partial charge in [0.25, 0.3) is 10.0 Å². The molecule has 1 unspecified atom stereocenters. The quantitative estimate of drug-likeness (QED) is 0.783. The number of methoxy groups -OCH3 is 1. The van der Waals surface area contributed by atoms with Crippen molar-refractivity contribution in [1.29, 1.82) is 0 Å². The van der Waals surface area contributed by atoms with Gasteiger partial charge in [-0.05, 0) is 39.1 Å². The molecule has 0 aliphatic heterocycles. The summed E-state index contributed by atoms with van der Waals surface area (Å²) >= 11 is 1.33. The second-order valence-electron chi connectivity index (χ2n) is 4.40. The van der Waals surface area contributed by atoms with E-state index in [0.29, 0.717) is 10.8 Å². The molecule has 0 aliphatic carbocycles. The first-order valence-electron chi connectivity index (χ1n) is 6.13. The molecule has 0 saturated carbocycles. The molecule has 1 aromatic rings. The fraction of sp³-hybridized carbons (Fsp3) is 0.667. The van der Waals surface area contributed by atoms with Gasteiger partial charge in [0.05, 0.1) is 6.61 Å². The third-order valence-corrected chi connectivity index (χ3v) is 6.50. The number of rotatable bonds is 8. The Morgan fingerprint density at radius 2 is 2.16 bits per heavy atom. The Morgan fingerprint density at radius 1 is 1.47 bits per heavy atom. The Morgan fingerprint density at radius 3 is 2.74 bits per heavy atom. The van der Waals surface area contributed by atoms with Gasteiger partial charge in [0, 0.05) is 25.1 Å². The zero-order valence-corrected chi connectivity index (χ0v) is 13.5. The van der Waals surface area contributed by atoms with Crippen molar-refractivity contribution in [2.45, 2.75) is 23.6 Å². The smallest absolute Gasteiger partial charge is 0.252 e. The van der Waals surface area contributed by atoms with E-state index in [0.717, 1.165) is 17.8 Å². The van der Waals surface area contributed by atoms with Crippen molar-refractivity contribution in [2.75, 3.05) is 34.4 Å². The molecule has 0 fully saturated rings. The molecule has 1 N–H and O–H groups in total. The van der Waals surface area contributed by atoms with E-state index in [-0.39, 0.29) is 6.04 Å². The minimum atomic E-state index is -3.41. The summed E-state index contributed by atoms with van der Waals surface area (Å²) in [5, 5.41) is 3.05. The van der Waals surface area contributed by atoms with Gasteiger partial charge < -0.3 is 10.1 Å². The Labute approximate surface area is 119 Å². The number of sulfonamides is 1. The molecule has 0 radical (unpaired) electrons. The number of likely N-dealkylation sites (N-methyl/N-ethyl adjacent to an activating group) is 2. The lowest BCUT2D eigenvalue weighted by Crippen LogP contribution is -2.37. The van der Waals surface area contributed by atoms with Crippen LogP contribution >= 0.6 is 11.3 Å². The molecule has 0 aromatic carbocycles. The molecule has 19 heavy (non-hydrogen) atoms. The summed E-state index contributed by atoms with van der Waals surface area (Å²) in [6.45, 7) is 3.06. The third-order valence-electron chi connectivity index (χ3n) is 2.92. The monoisotopic (exact) mass is 306 g/mol. The van der Waals surface area contributed by atoms with Crippen molar-refractivity contribution in [3.05, 3.63) is 17.0 Å². The highest BCUT2D eigenvalue weighted by Gasteiger charge is 2.26. The Hall–Kier alpha value is -0.470. The minimum Gasteiger partial charge on any atom is -0.383 e. The lowest BCUT2D eigenvalue weighted by molar-refractivity contribution is 0.149. The van der Waals surface area contributed by atoms with Crippen LogP contribution in [0.1, 0.15) is 11.8 Å². The second-order valence-corrected chi connectivity index (χ2v) is 7.79. The summed E-state index contributed by atoms with van der Waals surface area (Å²) in [5.74, 6) is 0. The van der Waals surface area contributed by atoms with Crippen molar-refractivity contribution in [3.63, 3.8) is 0 Å². The molecular weight excluding hydrogens is 284 g/mol. The molecule has 0 bridgehead atoms. The van der Waals surface area contributed by atoms with Crippen LogP contribution in [0.25, 0.3) is 0 Å². The fourth-order valence-corrected chi connectivity index (χ4v) is 4.49. The number of nitrogens with zero attached hydrogens (tertiary/aromatic N) is 1. The summed E-state index contributed by atoms with van der Waals surface area (Å²) in [7, 11) is 1.62. The first-order chi connectivity index (χ1) is 8.93. The maximum Gasteiger partial charge on any atom is 0.252 e. The Balaban J connectivity index is 2.84. The lowest BCUT2D eigenvalue weighted by Gasteiger charge is -2.22. The van der Waals surface area contributed by atoms with Crippen LogP contribution in [0.4, 0.5) is 0 Å². The highest BCUT2D eigenvalue weighted by Crippen LogP contribution is 2.25. The average Bonchev–Trinajstić information content (AvgIpc) is 2.85. The Kier molecular flexibility index (Phi) is 6.41. The van der Waals surface area contributed by atoms with Gasteiger partial charge in [-0.25, -0.2) is 8.42 Å². The van der Waals surface area contributed by atoms with Crippen molar-refractivity contribution in [2.24, 2.45) is 0 Å². The molecule has 0 aliphatic rings. The van der Waals surface area contributed by atoms with Crippen LogP contribution in [-0.4, -0.2) is 53.1 Å². The van der Waals surface area contributed by atoms with Gasteiger partial charge in [-0.2, -0.15) is 4.31 Å². The fourth-order valence-electron chi connectivity index (χ4n) is 1.60. The molecule has 5 nitrogen and oxygen atoms in total. The molecule has 0 spiro atoms. The van der Waals surface area contributed by atoms with E-state index < -0.39 is 10.0 Å². The second kappa shape index (κ2) is 7.35. The third kappa shape index (κ3) is 4.25. The van der Waals surface area contributed by atoms with E-state index in [4.69, 9.17) is 4.74 Å². The van der Waals surface area contributed by atoms with Crippen LogP contribution in [0.15, 0.2) is 16.3 Å². The van der Waals surface area contributed by atoms with Crippen molar-refractivity contribution >= 4 is 21.4 Å². The van der Waals surface area contributed by atoms with Gasteiger partial charge in [-0.15, -0.1) is 11.3 Å². The molecule has 1 rings (SSSR count). The molecule has 1 atom stereocenters. The van der Waals surface area contributed by atoms with E-state index in [2.05, 4.69) is 5.32 Å². The van der Waals surface area contributed by atoms with Gasteiger partial charge in [0.2, 0.25) is 0 Å². The van der Waals surface area contributed by atoms with Gasteiger partial charge in [0.1, 0.15) is 4.21 Å². The van der Waals surface area contributed by atoms with Gasteiger partial charge in [-0.3, -0.25) is 0 Å². The summed E-state index contributed by atoms with van der Waals surface area (Å²) < 4.78 is 31.6. The molecule has 110 valence electrons. The van der Waals surface area contributed by atoms with E-state index >= 15 is 0 Å². The first kappa shape index (κ1) is 16.6. The molecule has 1 heterocycles. The van der Waals surface area contributed by atoms with E-state index in [1.54, 1.807) is 20.2 Å². The molecule has 7 heteroatoms. The number of hydrogen-bond donors (Lipinski definition) is 1. The lowest BCUT2D eigenvalue weighted by atomic mass is 10.3. The topological polar surface area (TPSA) is 58.6 Å². The zero-order valence-electron chi connectivity index (χ0n) is 11.8. The summed E-state index contributed by atoms with van der Waals surface area (Å²) in [6.07, 6.45) is 0.841. The standard InChI is InChI=1S/C12H22N2O3S2/c1-10(9-17-4)14(3)19(15,16)12-6-5-11(18-12)7-8-13-2/h5-6,10,13H,7-9H2,1-4H3. The van der Waals surface area contributed by atoms with Crippen LogP contribution in [-0.2, 0) is 21.2 Å². The van der Waals surface area contributed by atoms with E-state index in [1.165, 1.54) is 15.6 Å². The van der Waals surface area contributed by atoms with Gasteiger partial charge in [0.15, 0.2) is 0 Å². The molecule has 1 aromatic heterocycles. The maximum atomic E-state index is 12.4. The maximum absolute atomic E-state index is 12.4. The minimum absolute atomic E-state index is 0.183. The predicted molar refractivity (Wildman–Crippen MR) is 78.2 cm³/mol. The summed E-state index contributed by atoms with van der Waals surface area (Å²) in [4.78, 5) is 1.07. The van der Waals surface area contributed by atoms with Crippen LogP contribution in [0.2, 0.25) is 0 Å². The van der Waals surface area contributed by atoms with E-state index in [9.17, 15) is 8.42 Å². The zero-order chi connectivity index (χ0) is 14.5. The number of thiophene rings is 1. The number of ether oxygens (including phenoxy) is 1. The molecule has 0 saturated heterocycles. The van der Waals surface area contributed by atoms with Crippen molar-refractivity contribution in [1.82, 2.24) is 9.62 Å². The van der Waals surface area contributed by atoms with Gasteiger partial charge in [-0.1, -0.05) is 0 Å². The van der Waals surface area contributed by atoms with Crippen LogP contribution in [0.3, 0.4) is 0 Å². The highest BCUT2D eigenvalue weighted by atomic mass is 32.2. The van der Waals surface area contributed by atoms with Crippen LogP contribution < -0.4 is 5.32 Å². The van der Waals surface area contributed by atoms with Crippen molar-refractivity contribution < 1.29 is 13.2 Å². The number of hydrogen-bond acceptors (Lipinski definition) is 5. The summed E-state index contributed by atoms with van der Waals surface area (Å²) in [5.41, 5.74) is 0. The molecule has 0 amide bonds. The normalized spacial score (nSPS) is 13.9. The van der Waals surface area contributed by atoms with Gasteiger partial charge >= 0.3 is 0 Å². The highest BCUT2D eigenvalue weighted by molar-refractivity contribution is 7.91. The van der Waals surface area contributed by atoms with Crippen molar-refractivity contribution in [3.8, 4) is 0 Å². The predicted octanol–water partition coefficient (Wildman–Crippen LogP) is 1.17. The number of nitrogens with one attached hydrogen (secondary N) is 1. The van der Waals surface area contributed by atoms with Crippen LogP contribution in [0.5, 0.6) is 0 Å². The summed E-state index contributed by atoms with van der Waals surface area (Å²) in [6, 6.07) is 3.38. The largest absolute Gasteiger partial charge is 0.383 e.